The fraction of sp³-hybridized carbons (Fsp3) is 0.889. The SMILES string of the molecule is COC1OC(C#N)C2OC(C)(C)OC12. The monoisotopic (exact) mass is 199 g/mol. The number of nitrogens with zero attached hydrogens (tertiary/aromatic N) is 1. The van der Waals surface area contributed by atoms with Crippen LogP contribution in [0.4, 0.5) is 0 Å². The molecule has 2 aliphatic heterocycles. The van der Waals surface area contributed by atoms with E-state index in [4.69, 9.17) is 24.2 Å². The molecule has 2 aliphatic rings. The summed E-state index contributed by atoms with van der Waals surface area (Å²) >= 11 is 0. The Hall–Kier alpha value is -0.670. The molecule has 0 bridgehead atoms. The van der Waals surface area contributed by atoms with Gasteiger partial charge in [-0.3, -0.25) is 0 Å². The van der Waals surface area contributed by atoms with Crippen LogP contribution in [0.5, 0.6) is 0 Å². The maximum atomic E-state index is 8.83. The highest BCUT2D eigenvalue weighted by atomic mass is 16.8. The Bertz CT molecular complexity index is 272. The second kappa shape index (κ2) is 3.17. The quantitative estimate of drug-likeness (QED) is 0.611. The molecule has 0 amide bonds. The minimum Gasteiger partial charge on any atom is -0.353 e. The van der Waals surface area contributed by atoms with E-state index >= 15 is 0 Å². The van der Waals surface area contributed by atoms with Gasteiger partial charge in [-0.15, -0.1) is 0 Å². The summed E-state index contributed by atoms with van der Waals surface area (Å²) in [6.45, 7) is 3.62. The van der Waals surface area contributed by atoms with Crippen LogP contribution in [-0.4, -0.2) is 37.5 Å². The molecule has 0 aromatic carbocycles. The van der Waals surface area contributed by atoms with Crippen LogP contribution >= 0.6 is 0 Å². The van der Waals surface area contributed by atoms with E-state index in [0.29, 0.717) is 0 Å². The topological polar surface area (TPSA) is 60.7 Å². The van der Waals surface area contributed by atoms with E-state index in [1.807, 2.05) is 19.9 Å². The molecule has 4 atom stereocenters. The Morgan fingerprint density at radius 2 is 1.93 bits per heavy atom. The largest absolute Gasteiger partial charge is 0.353 e. The maximum Gasteiger partial charge on any atom is 0.188 e. The number of hydrogen-bond acceptors (Lipinski definition) is 5. The van der Waals surface area contributed by atoms with Gasteiger partial charge in [-0.2, -0.15) is 5.26 Å². The number of nitriles is 1. The highest BCUT2D eigenvalue weighted by molar-refractivity contribution is 5.04. The van der Waals surface area contributed by atoms with Gasteiger partial charge in [0, 0.05) is 7.11 Å². The molecule has 14 heavy (non-hydrogen) atoms. The van der Waals surface area contributed by atoms with Gasteiger partial charge in [0.1, 0.15) is 12.2 Å². The highest BCUT2D eigenvalue weighted by Crippen LogP contribution is 2.38. The normalized spacial score (nSPS) is 44.7. The molecular formula is C9H13NO4. The lowest BCUT2D eigenvalue weighted by atomic mass is 10.1. The second-order valence-electron chi connectivity index (χ2n) is 3.85. The Labute approximate surface area is 82.5 Å². The van der Waals surface area contributed by atoms with Gasteiger partial charge >= 0.3 is 0 Å². The summed E-state index contributed by atoms with van der Waals surface area (Å²) in [5.41, 5.74) is 0. The van der Waals surface area contributed by atoms with Gasteiger partial charge in [0.25, 0.3) is 0 Å². The first kappa shape index (κ1) is 9.87. The molecule has 0 spiro atoms. The molecule has 4 unspecified atom stereocenters. The Morgan fingerprint density at radius 3 is 2.50 bits per heavy atom. The molecule has 78 valence electrons. The first-order chi connectivity index (χ1) is 6.57. The average Bonchev–Trinajstić information content (AvgIpc) is 2.57. The van der Waals surface area contributed by atoms with Crippen LogP contribution in [0, 0.1) is 11.3 Å². The molecule has 0 aromatic heterocycles. The number of methoxy groups -OCH3 is 1. The molecule has 5 heteroatoms. The molecule has 0 aliphatic carbocycles. The molecule has 5 nitrogen and oxygen atoms in total. The number of fused-ring (bicyclic) bond motifs is 1. The van der Waals surface area contributed by atoms with E-state index in [1.54, 1.807) is 0 Å². The van der Waals surface area contributed by atoms with Crippen LogP contribution < -0.4 is 0 Å². The molecule has 2 saturated heterocycles. The Balaban J connectivity index is 2.17. The highest BCUT2D eigenvalue weighted by Gasteiger charge is 2.55. The van der Waals surface area contributed by atoms with E-state index in [0.717, 1.165) is 0 Å². The smallest absolute Gasteiger partial charge is 0.188 e. The number of hydrogen-bond donors (Lipinski definition) is 0. The van der Waals surface area contributed by atoms with Crippen molar-refractivity contribution in [2.45, 2.75) is 44.2 Å². The molecule has 2 heterocycles. The Kier molecular flexibility index (Phi) is 2.24. The maximum absolute atomic E-state index is 8.83. The molecule has 0 aromatic rings. The first-order valence-electron chi connectivity index (χ1n) is 4.51. The van der Waals surface area contributed by atoms with Crippen LogP contribution in [-0.2, 0) is 18.9 Å². The van der Waals surface area contributed by atoms with Crippen LogP contribution in [0.15, 0.2) is 0 Å². The van der Waals surface area contributed by atoms with Crippen LogP contribution in [0.1, 0.15) is 13.8 Å². The van der Waals surface area contributed by atoms with E-state index in [-0.39, 0.29) is 12.2 Å². The second-order valence-corrected chi connectivity index (χ2v) is 3.85. The van der Waals surface area contributed by atoms with Crippen molar-refractivity contribution in [2.75, 3.05) is 7.11 Å². The van der Waals surface area contributed by atoms with Crippen LogP contribution in [0.2, 0.25) is 0 Å². The van der Waals surface area contributed by atoms with Gasteiger partial charge in [-0.05, 0) is 13.8 Å². The summed E-state index contributed by atoms with van der Waals surface area (Å²) < 4.78 is 21.5. The number of ether oxygens (including phenoxy) is 4. The minimum atomic E-state index is -0.662. The van der Waals surface area contributed by atoms with Crippen molar-refractivity contribution in [3.63, 3.8) is 0 Å². The summed E-state index contributed by atoms with van der Waals surface area (Å²) in [6, 6.07) is 2.03. The predicted octanol–water partition coefficient (Wildman–Crippen LogP) is 0.401. The summed E-state index contributed by atoms with van der Waals surface area (Å²) in [4.78, 5) is 0. The van der Waals surface area contributed by atoms with Gasteiger partial charge in [0.05, 0.1) is 6.07 Å². The summed E-state index contributed by atoms with van der Waals surface area (Å²) in [5.74, 6) is -0.662. The van der Waals surface area contributed by atoms with Gasteiger partial charge in [0.2, 0.25) is 0 Å². The van der Waals surface area contributed by atoms with E-state index < -0.39 is 18.2 Å². The Morgan fingerprint density at radius 1 is 1.29 bits per heavy atom. The summed E-state index contributed by atoms with van der Waals surface area (Å²) in [6.07, 6.45) is -1.77. The van der Waals surface area contributed by atoms with E-state index in [2.05, 4.69) is 0 Å². The van der Waals surface area contributed by atoms with Gasteiger partial charge in [-0.25, -0.2) is 0 Å². The third-order valence-electron chi connectivity index (χ3n) is 2.37. The minimum absolute atomic E-state index is 0.306. The molecule has 0 radical (unpaired) electrons. The fourth-order valence-corrected chi connectivity index (χ4v) is 1.85. The van der Waals surface area contributed by atoms with Crippen molar-refractivity contribution >= 4 is 0 Å². The van der Waals surface area contributed by atoms with Crippen molar-refractivity contribution in [2.24, 2.45) is 0 Å². The van der Waals surface area contributed by atoms with Crippen LogP contribution in [0.3, 0.4) is 0 Å². The van der Waals surface area contributed by atoms with Crippen LogP contribution in [0.25, 0.3) is 0 Å². The molecule has 0 N–H and O–H groups in total. The van der Waals surface area contributed by atoms with Crippen molar-refractivity contribution < 1.29 is 18.9 Å². The van der Waals surface area contributed by atoms with E-state index in [1.165, 1.54) is 7.11 Å². The van der Waals surface area contributed by atoms with Crippen molar-refractivity contribution in [3.8, 4) is 6.07 Å². The van der Waals surface area contributed by atoms with Gasteiger partial charge in [0.15, 0.2) is 18.2 Å². The first-order valence-corrected chi connectivity index (χ1v) is 4.51. The standard InChI is InChI=1S/C9H13NO4/c1-9(2)13-6-5(4-10)12-8(11-3)7(6)14-9/h5-8H,1-3H3. The van der Waals surface area contributed by atoms with Gasteiger partial charge in [-0.1, -0.05) is 0 Å². The lowest BCUT2D eigenvalue weighted by molar-refractivity contribution is -0.220. The zero-order valence-corrected chi connectivity index (χ0v) is 8.39. The fourth-order valence-electron chi connectivity index (χ4n) is 1.85. The summed E-state index contributed by atoms with van der Waals surface area (Å²) in [7, 11) is 1.52. The molecule has 2 rings (SSSR count). The zero-order chi connectivity index (χ0) is 10.3. The van der Waals surface area contributed by atoms with E-state index in [9.17, 15) is 0 Å². The van der Waals surface area contributed by atoms with Crippen molar-refractivity contribution in [1.82, 2.24) is 0 Å². The molecule has 2 fully saturated rings. The average molecular weight is 199 g/mol. The van der Waals surface area contributed by atoms with Gasteiger partial charge < -0.3 is 18.9 Å². The lowest BCUT2D eigenvalue weighted by Crippen LogP contribution is -2.30. The number of rotatable bonds is 1. The molecule has 0 saturated carbocycles. The zero-order valence-electron chi connectivity index (χ0n) is 8.39. The third-order valence-corrected chi connectivity index (χ3v) is 2.37. The van der Waals surface area contributed by atoms with Crippen molar-refractivity contribution in [1.29, 1.82) is 5.26 Å². The molecular weight excluding hydrogens is 186 g/mol. The lowest BCUT2D eigenvalue weighted by Gasteiger charge is -2.21. The third kappa shape index (κ3) is 1.41. The predicted molar refractivity (Wildman–Crippen MR) is 45.1 cm³/mol. The van der Waals surface area contributed by atoms with Crippen molar-refractivity contribution in [3.05, 3.63) is 0 Å². The summed E-state index contributed by atoms with van der Waals surface area (Å²) in [5, 5.41) is 8.83.